The lowest BCUT2D eigenvalue weighted by Gasteiger charge is -2.30. The Kier molecular flexibility index (Phi) is 7.17. The van der Waals surface area contributed by atoms with Crippen LogP contribution in [-0.2, 0) is 23.0 Å². The van der Waals surface area contributed by atoms with Crippen LogP contribution in [0.25, 0.3) is 16.6 Å². The topological polar surface area (TPSA) is 121 Å². The van der Waals surface area contributed by atoms with Crippen LogP contribution in [0.1, 0.15) is 27.9 Å². The molecule has 0 radical (unpaired) electrons. The Morgan fingerprint density at radius 1 is 0.905 bits per heavy atom. The quantitative estimate of drug-likeness (QED) is 0.299. The molecule has 1 amide bonds. The molecule has 0 atom stereocenters. The molecule has 9 nitrogen and oxygen atoms in total. The molecule has 0 spiro atoms. The van der Waals surface area contributed by atoms with Gasteiger partial charge in [-0.1, -0.05) is 66.2 Å². The van der Waals surface area contributed by atoms with E-state index < -0.39 is 27.2 Å². The molecule has 0 bridgehead atoms. The number of aromatic amines is 1. The van der Waals surface area contributed by atoms with Gasteiger partial charge in [-0.15, -0.1) is 0 Å². The highest BCUT2D eigenvalue weighted by Gasteiger charge is 2.30. The van der Waals surface area contributed by atoms with Crippen LogP contribution in [0, 0.1) is 0 Å². The number of carbonyl (C=O) groups excluding carboxylic acids is 1. The Morgan fingerprint density at radius 3 is 2.48 bits per heavy atom. The number of H-pyrrole nitrogens is 1. The van der Waals surface area contributed by atoms with Gasteiger partial charge in [0.05, 0.1) is 37.8 Å². The van der Waals surface area contributed by atoms with E-state index in [0.29, 0.717) is 12.1 Å². The fraction of sp³-hybridized carbons (Fsp3) is 0.129. The summed E-state index contributed by atoms with van der Waals surface area (Å²) in [4.78, 5) is 42.8. The van der Waals surface area contributed by atoms with Crippen molar-refractivity contribution in [2.45, 2.75) is 24.3 Å². The van der Waals surface area contributed by atoms with Crippen molar-refractivity contribution >= 4 is 44.1 Å². The van der Waals surface area contributed by atoms with Crippen LogP contribution in [0.15, 0.2) is 105 Å². The molecule has 0 saturated carbocycles. The molecule has 2 heterocycles. The van der Waals surface area contributed by atoms with Gasteiger partial charge in [0.2, 0.25) is 0 Å². The third-order valence-electron chi connectivity index (χ3n) is 7.28. The van der Waals surface area contributed by atoms with Crippen molar-refractivity contribution in [3.8, 4) is 5.69 Å². The maximum atomic E-state index is 13.9. The lowest BCUT2D eigenvalue weighted by Crippen LogP contribution is -2.37. The number of aromatic nitrogens is 2. The molecule has 0 unspecified atom stereocenters. The average Bonchev–Trinajstić information content (AvgIpc) is 3.00. The molecule has 1 aliphatic heterocycles. The standard InChI is InChI=1S/C31H25ClN4O5S/c32-24-16-15-22(42(40,41)35-17-7-11-21-10-4-5-14-26(21)35)18-27(24)36-30(38)28-23(12-6-13-25(28)34-31(36)39)29(37)33-19-20-8-2-1-3-9-20/h1-6,8-10,12-16,18H,7,11,17,19H2,(H,33,37)(H,34,39). The summed E-state index contributed by atoms with van der Waals surface area (Å²) in [6.45, 7) is 0.522. The van der Waals surface area contributed by atoms with Gasteiger partial charge in [-0.25, -0.2) is 17.8 Å². The number of anilines is 1. The number of hydrogen-bond acceptors (Lipinski definition) is 5. The SMILES string of the molecule is O=C(NCc1ccccc1)c1cccc2[nH]c(=O)n(-c3cc(S(=O)(=O)N4CCCc5ccccc54)ccc3Cl)c(=O)c12. The summed E-state index contributed by atoms with van der Waals surface area (Å²) < 4.78 is 29.7. The van der Waals surface area contributed by atoms with Crippen molar-refractivity contribution in [1.29, 1.82) is 0 Å². The predicted octanol–water partition coefficient (Wildman–Crippen LogP) is 4.40. The van der Waals surface area contributed by atoms with Crippen LogP contribution >= 0.6 is 11.6 Å². The second-order valence-electron chi connectivity index (χ2n) is 9.89. The Bertz CT molecular complexity index is 2070. The van der Waals surface area contributed by atoms with Crippen LogP contribution in [0.4, 0.5) is 5.69 Å². The molecule has 42 heavy (non-hydrogen) atoms. The zero-order valence-corrected chi connectivity index (χ0v) is 23.8. The van der Waals surface area contributed by atoms with E-state index >= 15 is 0 Å². The number of para-hydroxylation sites is 1. The van der Waals surface area contributed by atoms with Crippen LogP contribution < -0.4 is 20.9 Å². The third-order valence-corrected chi connectivity index (χ3v) is 9.41. The van der Waals surface area contributed by atoms with Crippen molar-refractivity contribution in [3.05, 3.63) is 134 Å². The number of aryl methyl sites for hydroxylation is 1. The summed E-state index contributed by atoms with van der Waals surface area (Å²) in [5.74, 6) is -0.508. The Labute approximate surface area is 246 Å². The van der Waals surface area contributed by atoms with E-state index in [1.165, 1.54) is 34.6 Å². The van der Waals surface area contributed by atoms with Gasteiger partial charge in [-0.3, -0.25) is 13.9 Å². The van der Waals surface area contributed by atoms with Crippen LogP contribution in [-0.4, -0.2) is 30.4 Å². The van der Waals surface area contributed by atoms with E-state index in [-0.39, 0.29) is 45.2 Å². The number of sulfonamides is 1. The molecule has 0 saturated heterocycles. The first-order valence-electron chi connectivity index (χ1n) is 13.3. The molecule has 1 aromatic heterocycles. The number of benzene rings is 4. The van der Waals surface area contributed by atoms with Gasteiger partial charge in [0.25, 0.3) is 21.5 Å². The van der Waals surface area contributed by atoms with Gasteiger partial charge in [0.15, 0.2) is 0 Å². The Balaban J connectivity index is 1.44. The third kappa shape index (κ3) is 4.88. The molecule has 0 aliphatic carbocycles. The second-order valence-corrected chi connectivity index (χ2v) is 12.2. The van der Waals surface area contributed by atoms with Crippen LogP contribution in [0.2, 0.25) is 5.02 Å². The number of nitrogens with zero attached hydrogens (tertiary/aromatic N) is 2. The van der Waals surface area contributed by atoms with Crippen molar-refractivity contribution in [2.75, 3.05) is 10.8 Å². The van der Waals surface area contributed by atoms with E-state index in [4.69, 9.17) is 11.6 Å². The van der Waals surface area contributed by atoms with E-state index in [1.807, 2.05) is 42.5 Å². The minimum Gasteiger partial charge on any atom is -0.348 e. The number of carbonyl (C=O) groups is 1. The first-order valence-corrected chi connectivity index (χ1v) is 15.1. The predicted molar refractivity (Wildman–Crippen MR) is 162 cm³/mol. The first-order chi connectivity index (χ1) is 20.3. The molecular formula is C31H25ClN4O5S. The smallest absolute Gasteiger partial charge is 0.333 e. The highest BCUT2D eigenvalue weighted by molar-refractivity contribution is 7.92. The van der Waals surface area contributed by atoms with Gasteiger partial charge in [0, 0.05) is 13.1 Å². The average molecular weight is 601 g/mol. The summed E-state index contributed by atoms with van der Waals surface area (Å²) in [5.41, 5.74) is 0.859. The summed E-state index contributed by atoms with van der Waals surface area (Å²) in [6, 6.07) is 25.1. The van der Waals surface area contributed by atoms with Crippen molar-refractivity contribution in [3.63, 3.8) is 0 Å². The number of hydrogen-bond donors (Lipinski definition) is 2. The molecule has 2 N–H and O–H groups in total. The largest absolute Gasteiger partial charge is 0.348 e. The van der Waals surface area contributed by atoms with E-state index in [9.17, 15) is 22.8 Å². The number of amides is 1. The zero-order valence-electron chi connectivity index (χ0n) is 22.2. The van der Waals surface area contributed by atoms with E-state index in [1.54, 1.807) is 18.2 Å². The van der Waals surface area contributed by atoms with Crippen LogP contribution in [0.5, 0.6) is 0 Å². The summed E-state index contributed by atoms with van der Waals surface area (Å²) in [7, 11) is -4.06. The highest BCUT2D eigenvalue weighted by Crippen LogP contribution is 2.33. The molecule has 11 heteroatoms. The molecule has 0 fully saturated rings. The summed E-state index contributed by atoms with van der Waals surface area (Å²) in [5, 5.41) is 2.76. The molecule has 4 aromatic carbocycles. The number of halogens is 1. The Morgan fingerprint density at radius 2 is 1.67 bits per heavy atom. The van der Waals surface area contributed by atoms with Gasteiger partial charge in [-0.2, -0.15) is 0 Å². The number of nitrogens with one attached hydrogen (secondary N) is 2. The molecular weight excluding hydrogens is 576 g/mol. The van der Waals surface area contributed by atoms with E-state index in [0.717, 1.165) is 22.1 Å². The Hall–Kier alpha value is -4.67. The molecule has 6 rings (SSSR count). The van der Waals surface area contributed by atoms with Gasteiger partial charge < -0.3 is 10.3 Å². The summed E-state index contributed by atoms with van der Waals surface area (Å²) in [6.07, 6.45) is 1.41. The minimum absolute atomic E-state index is 0.00838. The van der Waals surface area contributed by atoms with Crippen molar-refractivity contribution in [1.82, 2.24) is 14.9 Å². The van der Waals surface area contributed by atoms with E-state index in [2.05, 4.69) is 10.3 Å². The monoisotopic (exact) mass is 600 g/mol. The maximum absolute atomic E-state index is 13.9. The number of rotatable bonds is 6. The highest BCUT2D eigenvalue weighted by atomic mass is 35.5. The molecule has 212 valence electrons. The lowest BCUT2D eigenvalue weighted by atomic mass is 10.0. The lowest BCUT2D eigenvalue weighted by molar-refractivity contribution is 0.0952. The maximum Gasteiger partial charge on any atom is 0.333 e. The molecule has 5 aromatic rings. The van der Waals surface area contributed by atoms with Crippen molar-refractivity contribution < 1.29 is 13.2 Å². The normalized spacial score (nSPS) is 13.1. The van der Waals surface area contributed by atoms with Crippen LogP contribution in [0.3, 0.4) is 0 Å². The van der Waals surface area contributed by atoms with Crippen molar-refractivity contribution in [2.24, 2.45) is 0 Å². The molecule has 1 aliphatic rings. The van der Waals surface area contributed by atoms with Gasteiger partial charge in [0.1, 0.15) is 0 Å². The van der Waals surface area contributed by atoms with Gasteiger partial charge >= 0.3 is 5.69 Å². The van der Waals surface area contributed by atoms with Gasteiger partial charge in [-0.05, 0) is 60.4 Å². The minimum atomic E-state index is -4.06. The summed E-state index contributed by atoms with van der Waals surface area (Å²) >= 11 is 6.46. The fourth-order valence-electron chi connectivity index (χ4n) is 5.24. The number of fused-ring (bicyclic) bond motifs is 2. The zero-order chi connectivity index (χ0) is 29.4. The first kappa shape index (κ1) is 27.5. The second kappa shape index (κ2) is 11.0. The fourth-order valence-corrected chi connectivity index (χ4v) is 7.01.